The summed E-state index contributed by atoms with van der Waals surface area (Å²) in [6, 6.07) is 3.10. The maximum atomic E-state index is 13.3. The van der Waals surface area contributed by atoms with E-state index in [1.54, 1.807) is 6.07 Å². The summed E-state index contributed by atoms with van der Waals surface area (Å²) >= 11 is 5.66. The van der Waals surface area contributed by atoms with E-state index in [9.17, 15) is 9.50 Å². The molecule has 0 aliphatic heterocycles. The topological polar surface area (TPSA) is 53.2 Å². The minimum Gasteiger partial charge on any atom is -0.505 e. The van der Waals surface area contributed by atoms with Gasteiger partial charge in [-0.25, -0.2) is 0 Å². The summed E-state index contributed by atoms with van der Waals surface area (Å²) in [6.45, 7) is 0. The number of nitriles is 1. The van der Waals surface area contributed by atoms with Gasteiger partial charge in [0.05, 0.1) is 24.6 Å². The quantitative estimate of drug-likeness (QED) is 0.823. The molecule has 74 valence electrons. The van der Waals surface area contributed by atoms with Crippen LogP contribution in [0.3, 0.4) is 0 Å². The number of phenols is 1. The molecule has 5 heteroatoms. The Bertz CT molecular complexity index is 401. The first-order valence-corrected chi connectivity index (χ1v) is 4.10. The van der Waals surface area contributed by atoms with Crippen molar-refractivity contribution in [1.82, 2.24) is 0 Å². The number of hydrogen-bond donors (Lipinski definition) is 1. The van der Waals surface area contributed by atoms with Crippen LogP contribution in [0.2, 0.25) is 5.02 Å². The molecule has 0 fully saturated rings. The molecule has 0 saturated carbocycles. The Morgan fingerprint density at radius 2 is 2.36 bits per heavy atom. The molecule has 3 nitrogen and oxygen atoms in total. The van der Waals surface area contributed by atoms with Crippen molar-refractivity contribution in [2.24, 2.45) is 0 Å². The van der Waals surface area contributed by atoms with Gasteiger partial charge in [-0.3, -0.25) is 0 Å². The second kappa shape index (κ2) is 4.16. The lowest BCUT2D eigenvalue weighted by atomic mass is 10.1. The van der Waals surface area contributed by atoms with Gasteiger partial charge in [0.2, 0.25) is 5.82 Å². The van der Waals surface area contributed by atoms with Crippen LogP contribution in [0.15, 0.2) is 6.07 Å². The van der Waals surface area contributed by atoms with Crippen molar-refractivity contribution in [1.29, 1.82) is 5.26 Å². The Labute approximate surface area is 85.3 Å². The van der Waals surface area contributed by atoms with Crippen molar-refractivity contribution in [2.45, 2.75) is 6.42 Å². The maximum Gasteiger partial charge on any atom is 0.208 e. The van der Waals surface area contributed by atoms with Gasteiger partial charge in [-0.1, -0.05) is 11.6 Å². The van der Waals surface area contributed by atoms with E-state index in [1.807, 2.05) is 0 Å². The molecule has 0 spiro atoms. The molecule has 14 heavy (non-hydrogen) atoms. The number of ether oxygens (including phenoxy) is 1. The molecule has 1 aromatic carbocycles. The van der Waals surface area contributed by atoms with E-state index in [2.05, 4.69) is 4.74 Å². The summed E-state index contributed by atoms with van der Waals surface area (Å²) in [6.07, 6.45) is -0.105. The molecular formula is C9H7ClFNO2. The first kappa shape index (κ1) is 10.6. The van der Waals surface area contributed by atoms with Crippen molar-refractivity contribution in [3.8, 4) is 17.6 Å². The van der Waals surface area contributed by atoms with Crippen LogP contribution in [0, 0.1) is 17.1 Å². The van der Waals surface area contributed by atoms with Gasteiger partial charge in [-0.05, 0) is 6.07 Å². The molecule has 0 aliphatic rings. The van der Waals surface area contributed by atoms with Crippen LogP contribution in [-0.4, -0.2) is 12.2 Å². The van der Waals surface area contributed by atoms with Crippen LogP contribution < -0.4 is 4.74 Å². The standard InChI is InChI=1S/C9H7ClFNO2/c1-14-9-6(10)4-5(2-3-12)8(13)7(9)11/h4,13H,2H2,1H3. The van der Waals surface area contributed by atoms with Crippen LogP contribution in [0.25, 0.3) is 0 Å². The highest BCUT2D eigenvalue weighted by atomic mass is 35.5. The molecule has 0 aromatic heterocycles. The molecule has 0 heterocycles. The summed E-state index contributed by atoms with van der Waals surface area (Å²) in [5.41, 5.74) is 0.149. The van der Waals surface area contributed by atoms with Gasteiger partial charge in [0.1, 0.15) is 0 Å². The molecule has 1 aromatic rings. The van der Waals surface area contributed by atoms with Gasteiger partial charge >= 0.3 is 0 Å². The van der Waals surface area contributed by atoms with E-state index in [-0.39, 0.29) is 22.8 Å². The van der Waals surface area contributed by atoms with E-state index in [4.69, 9.17) is 16.9 Å². The zero-order valence-electron chi connectivity index (χ0n) is 7.34. The number of benzene rings is 1. The SMILES string of the molecule is COc1c(Cl)cc(CC#N)c(O)c1F. The minimum atomic E-state index is -0.940. The Kier molecular flexibility index (Phi) is 3.15. The molecule has 1 N–H and O–H groups in total. The summed E-state index contributed by atoms with van der Waals surface area (Å²) < 4.78 is 17.9. The zero-order valence-corrected chi connectivity index (χ0v) is 8.10. The largest absolute Gasteiger partial charge is 0.505 e. The molecule has 0 bridgehead atoms. The third-order valence-electron chi connectivity index (χ3n) is 1.70. The van der Waals surface area contributed by atoms with Crippen LogP contribution in [0.4, 0.5) is 4.39 Å². The van der Waals surface area contributed by atoms with Crippen molar-refractivity contribution in [3.05, 3.63) is 22.5 Å². The highest BCUT2D eigenvalue weighted by Crippen LogP contribution is 2.36. The van der Waals surface area contributed by atoms with Crippen molar-refractivity contribution >= 4 is 11.6 Å². The Morgan fingerprint density at radius 3 is 2.86 bits per heavy atom. The van der Waals surface area contributed by atoms with Gasteiger partial charge in [0.25, 0.3) is 0 Å². The minimum absolute atomic E-state index is 0.0352. The molecule has 0 saturated heterocycles. The lowest BCUT2D eigenvalue weighted by molar-refractivity contribution is 0.363. The number of methoxy groups -OCH3 is 1. The average Bonchev–Trinajstić information content (AvgIpc) is 2.15. The number of aromatic hydroxyl groups is 1. The average molecular weight is 216 g/mol. The van der Waals surface area contributed by atoms with Gasteiger partial charge in [-0.15, -0.1) is 0 Å². The zero-order chi connectivity index (χ0) is 10.7. The highest BCUT2D eigenvalue weighted by Gasteiger charge is 2.17. The van der Waals surface area contributed by atoms with Crippen molar-refractivity contribution < 1.29 is 14.2 Å². The van der Waals surface area contributed by atoms with Crippen LogP contribution >= 0.6 is 11.6 Å². The smallest absolute Gasteiger partial charge is 0.208 e. The summed E-state index contributed by atoms with van der Waals surface area (Å²) in [5.74, 6) is -1.75. The predicted octanol–water partition coefficient (Wildman–Crippen LogP) is 2.26. The van der Waals surface area contributed by atoms with E-state index < -0.39 is 11.6 Å². The highest BCUT2D eigenvalue weighted by molar-refractivity contribution is 6.32. The third kappa shape index (κ3) is 1.73. The van der Waals surface area contributed by atoms with Gasteiger partial charge < -0.3 is 9.84 Å². The van der Waals surface area contributed by atoms with E-state index in [1.165, 1.54) is 13.2 Å². The molecule has 0 unspecified atom stereocenters. The normalized spacial score (nSPS) is 9.57. The predicted molar refractivity (Wildman–Crippen MR) is 48.9 cm³/mol. The molecule has 0 aliphatic carbocycles. The first-order chi connectivity index (χ1) is 6.61. The van der Waals surface area contributed by atoms with Crippen LogP contribution in [-0.2, 0) is 6.42 Å². The molecule has 1 rings (SSSR count). The number of phenolic OH excluding ortho intramolecular Hbond substituents is 1. The summed E-state index contributed by atoms with van der Waals surface area (Å²) in [4.78, 5) is 0. The fraction of sp³-hybridized carbons (Fsp3) is 0.222. The maximum absolute atomic E-state index is 13.3. The van der Waals surface area contributed by atoms with Crippen LogP contribution in [0.5, 0.6) is 11.5 Å². The summed E-state index contributed by atoms with van der Waals surface area (Å²) in [7, 11) is 1.24. The first-order valence-electron chi connectivity index (χ1n) is 3.72. The number of nitrogens with zero attached hydrogens (tertiary/aromatic N) is 1. The van der Waals surface area contributed by atoms with Crippen molar-refractivity contribution in [2.75, 3.05) is 7.11 Å². The Morgan fingerprint density at radius 1 is 1.71 bits per heavy atom. The fourth-order valence-corrected chi connectivity index (χ4v) is 1.34. The second-order valence-corrected chi connectivity index (χ2v) is 2.96. The third-order valence-corrected chi connectivity index (χ3v) is 1.98. The van der Waals surface area contributed by atoms with Gasteiger partial charge in [0.15, 0.2) is 11.5 Å². The second-order valence-electron chi connectivity index (χ2n) is 2.55. The fourth-order valence-electron chi connectivity index (χ4n) is 1.05. The molecule has 0 atom stereocenters. The molecule has 0 amide bonds. The lowest BCUT2D eigenvalue weighted by Crippen LogP contribution is -1.94. The van der Waals surface area contributed by atoms with Gasteiger partial charge in [-0.2, -0.15) is 9.65 Å². The van der Waals surface area contributed by atoms with E-state index in [0.717, 1.165) is 0 Å². The summed E-state index contributed by atoms with van der Waals surface area (Å²) in [5, 5.41) is 17.7. The number of rotatable bonds is 2. The van der Waals surface area contributed by atoms with Crippen molar-refractivity contribution in [3.63, 3.8) is 0 Å². The van der Waals surface area contributed by atoms with Gasteiger partial charge in [0, 0.05) is 5.56 Å². The Balaban J connectivity index is 3.34. The monoisotopic (exact) mass is 215 g/mol. The lowest BCUT2D eigenvalue weighted by Gasteiger charge is -2.08. The van der Waals surface area contributed by atoms with E-state index in [0.29, 0.717) is 0 Å². The number of halogens is 2. The van der Waals surface area contributed by atoms with Crippen LogP contribution in [0.1, 0.15) is 5.56 Å². The molecular weight excluding hydrogens is 209 g/mol. The Hall–Kier alpha value is -1.47. The molecule has 0 radical (unpaired) electrons. The van der Waals surface area contributed by atoms with E-state index >= 15 is 0 Å². The number of hydrogen-bond acceptors (Lipinski definition) is 3.